The lowest BCUT2D eigenvalue weighted by Crippen LogP contribution is -2.63. The molecular weight excluding hydrogens is 361 g/mol. The fourth-order valence-electron chi connectivity index (χ4n) is 3.64. The molecule has 2 aliphatic rings. The third-order valence-corrected chi connectivity index (χ3v) is 6.67. The number of rotatable bonds is 1. The second-order valence-corrected chi connectivity index (χ2v) is 9.20. The van der Waals surface area contributed by atoms with Gasteiger partial charge in [0.25, 0.3) is 5.91 Å². The standard InChI is InChI=1S/C17H22FN3O4S/c1-11-8-12(4-5-13(11)18)16(22)20-6-7-21(17(23)19(2)3)15-10-26(24,25)9-14(15)20/h4-5,8,14-15H,6-7,9-10H2,1-3H3/t14-,15+/m1/s1. The van der Waals surface area contributed by atoms with Gasteiger partial charge in [0, 0.05) is 32.7 Å². The second kappa shape index (κ2) is 6.53. The molecule has 0 aromatic heterocycles. The number of amides is 3. The van der Waals surface area contributed by atoms with Crippen LogP contribution in [0.4, 0.5) is 9.18 Å². The molecular formula is C17H22FN3O4S. The summed E-state index contributed by atoms with van der Waals surface area (Å²) in [6.07, 6.45) is 0. The highest BCUT2D eigenvalue weighted by molar-refractivity contribution is 7.91. The van der Waals surface area contributed by atoms with E-state index in [0.717, 1.165) is 0 Å². The van der Waals surface area contributed by atoms with Crippen LogP contribution in [0.5, 0.6) is 0 Å². The van der Waals surface area contributed by atoms with Gasteiger partial charge in [-0.1, -0.05) is 0 Å². The lowest BCUT2D eigenvalue weighted by molar-refractivity contribution is 0.0393. The molecule has 1 aromatic rings. The van der Waals surface area contributed by atoms with Crippen LogP contribution in [0, 0.1) is 12.7 Å². The third kappa shape index (κ3) is 3.27. The van der Waals surface area contributed by atoms with E-state index in [-0.39, 0.29) is 36.5 Å². The summed E-state index contributed by atoms with van der Waals surface area (Å²) in [6, 6.07) is 2.69. The van der Waals surface area contributed by atoms with Crippen molar-refractivity contribution in [2.75, 3.05) is 38.7 Å². The van der Waals surface area contributed by atoms with Crippen molar-refractivity contribution in [3.63, 3.8) is 0 Å². The van der Waals surface area contributed by atoms with Crippen molar-refractivity contribution in [2.45, 2.75) is 19.0 Å². The number of piperazine rings is 1. The van der Waals surface area contributed by atoms with Gasteiger partial charge in [-0.3, -0.25) is 4.79 Å². The minimum atomic E-state index is -3.35. The van der Waals surface area contributed by atoms with Crippen LogP contribution in [0.25, 0.3) is 0 Å². The number of carbonyl (C=O) groups is 2. The van der Waals surface area contributed by atoms with Crippen molar-refractivity contribution in [3.05, 3.63) is 35.1 Å². The van der Waals surface area contributed by atoms with Gasteiger partial charge < -0.3 is 14.7 Å². The molecule has 2 atom stereocenters. The SMILES string of the molecule is Cc1cc(C(=O)N2CCN(C(=O)N(C)C)[C@H]3CS(=O)(=O)C[C@H]32)ccc1F. The number of aryl methyl sites for hydroxylation is 1. The number of hydrogen-bond acceptors (Lipinski definition) is 4. The Hall–Kier alpha value is -2.16. The van der Waals surface area contributed by atoms with Crippen molar-refractivity contribution < 1.29 is 22.4 Å². The number of halogens is 1. The highest BCUT2D eigenvalue weighted by Gasteiger charge is 2.49. The molecule has 0 saturated carbocycles. The molecule has 142 valence electrons. The van der Waals surface area contributed by atoms with Crippen molar-refractivity contribution in [2.24, 2.45) is 0 Å². The van der Waals surface area contributed by atoms with Crippen molar-refractivity contribution >= 4 is 21.8 Å². The predicted octanol–water partition coefficient (Wildman–Crippen LogP) is 0.739. The molecule has 0 spiro atoms. The Morgan fingerprint density at radius 1 is 1.12 bits per heavy atom. The second-order valence-electron chi connectivity index (χ2n) is 7.04. The molecule has 0 unspecified atom stereocenters. The topological polar surface area (TPSA) is 78.0 Å². The first-order chi connectivity index (χ1) is 12.1. The van der Waals surface area contributed by atoms with Crippen LogP contribution in [-0.2, 0) is 9.84 Å². The molecule has 26 heavy (non-hydrogen) atoms. The zero-order valence-electron chi connectivity index (χ0n) is 15.0. The maximum atomic E-state index is 13.5. The van der Waals surface area contributed by atoms with Gasteiger partial charge in [-0.05, 0) is 30.7 Å². The van der Waals surface area contributed by atoms with E-state index < -0.39 is 27.7 Å². The normalized spacial score (nSPS) is 24.3. The van der Waals surface area contributed by atoms with Gasteiger partial charge in [-0.15, -0.1) is 0 Å². The lowest BCUT2D eigenvalue weighted by Gasteiger charge is -2.44. The summed E-state index contributed by atoms with van der Waals surface area (Å²) in [5.74, 6) is -1.05. The van der Waals surface area contributed by atoms with Crippen LogP contribution in [0.3, 0.4) is 0 Å². The Kier molecular flexibility index (Phi) is 4.68. The Bertz CT molecular complexity index is 856. The number of nitrogens with zero attached hydrogens (tertiary/aromatic N) is 3. The molecule has 3 rings (SSSR count). The lowest BCUT2D eigenvalue weighted by atomic mass is 10.0. The van der Waals surface area contributed by atoms with Gasteiger partial charge in [0.15, 0.2) is 9.84 Å². The fraction of sp³-hybridized carbons (Fsp3) is 0.529. The Morgan fingerprint density at radius 3 is 2.27 bits per heavy atom. The minimum Gasteiger partial charge on any atom is -0.331 e. The largest absolute Gasteiger partial charge is 0.331 e. The predicted molar refractivity (Wildman–Crippen MR) is 94.2 cm³/mol. The van der Waals surface area contributed by atoms with Gasteiger partial charge in [-0.25, -0.2) is 17.6 Å². The molecule has 0 radical (unpaired) electrons. The molecule has 0 aliphatic carbocycles. The Balaban J connectivity index is 1.91. The van der Waals surface area contributed by atoms with Gasteiger partial charge in [0.05, 0.1) is 23.6 Å². The molecule has 0 bridgehead atoms. The maximum Gasteiger partial charge on any atom is 0.319 e. The average Bonchev–Trinajstić information content (AvgIpc) is 2.89. The number of hydrogen-bond donors (Lipinski definition) is 0. The average molecular weight is 383 g/mol. The molecule has 2 heterocycles. The number of benzene rings is 1. The zero-order chi connectivity index (χ0) is 19.2. The third-order valence-electron chi connectivity index (χ3n) is 4.97. The van der Waals surface area contributed by atoms with Crippen molar-refractivity contribution in [3.8, 4) is 0 Å². The zero-order valence-corrected chi connectivity index (χ0v) is 15.8. The van der Waals surface area contributed by atoms with Gasteiger partial charge in [-0.2, -0.15) is 0 Å². The van der Waals surface area contributed by atoms with E-state index in [1.807, 2.05) is 0 Å². The van der Waals surface area contributed by atoms with E-state index in [2.05, 4.69) is 0 Å². The highest BCUT2D eigenvalue weighted by Crippen LogP contribution is 2.29. The maximum absolute atomic E-state index is 13.5. The van der Waals surface area contributed by atoms with Gasteiger partial charge in [0.1, 0.15) is 5.82 Å². The van der Waals surface area contributed by atoms with Crippen LogP contribution >= 0.6 is 0 Å². The smallest absolute Gasteiger partial charge is 0.319 e. The first-order valence-corrected chi connectivity index (χ1v) is 10.2. The monoisotopic (exact) mass is 383 g/mol. The molecule has 0 N–H and O–H groups in total. The van der Waals surface area contributed by atoms with Crippen LogP contribution in [0.15, 0.2) is 18.2 Å². The molecule has 7 nitrogen and oxygen atoms in total. The number of sulfone groups is 1. The quantitative estimate of drug-likeness (QED) is 0.717. The first kappa shape index (κ1) is 18.6. The van der Waals surface area contributed by atoms with E-state index in [1.165, 1.54) is 32.9 Å². The molecule has 3 amide bonds. The van der Waals surface area contributed by atoms with E-state index in [9.17, 15) is 22.4 Å². The molecule has 1 aromatic carbocycles. The molecule has 2 saturated heterocycles. The number of carbonyl (C=O) groups excluding carboxylic acids is 2. The molecule has 9 heteroatoms. The van der Waals surface area contributed by atoms with Crippen LogP contribution in [0.2, 0.25) is 0 Å². The fourth-order valence-corrected chi connectivity index (χ4v) is 5.62. The summed E-state index contributed by atoms with van der Waals surface area (Å²) in [6.45, 7) is 2.08. The summed E-state index contributed by atoms with van der Waals surface area (Å²) in [5, 5.41) is 0. The highest BCUT2D eigenvalue weighted by atomic mass is 32.2. The minimum absolute atomic E-state index is 0.149. The Morgan fingerprint density at radius 2 is 1.69 bits per heavy atom. The van der Waals surface area contributed by atoms with E-state index in [1.54, 1.807) is 21.0 Å². The first-order valence-electron chi connectivity index (χ1n) is 8.36. The van der Waals surface area contributed by atoms with E-state index in [0.29, 0.717) is 11.1 Å². The van der Waals surface area contributed by atoms with E-state index in [4.69, 9.17) is 0 Å². The van der Waals surface area contributed by atoms with Crippen LogP contribution < -0.4 is 0 Å². The summed E-state index contributed by atoms with van der Waals surface area (Å²) in [7, 11) is -0.129. The summed E-state index contributed by atoms with van der Waals surface area (Å²) >= 11 is 0. The van der Waals surface area contributed by atoms with Crippen molar-refractivity contribution in [1.82, 2.24) is 14.7 Å². The number of urea groups is 1. The van der Waals surface area contributed by atoms with E-state index >= 15 is 0 Å². The van der Waals surface area contributed by atoms with Crippen molar-refractivity contribution in [1.29, 1.82) is 0 Å². The summed E-state index contributed by atoms with van der Waals surface area (Å²) in [5.41, 5.74) is 0.673. The van der Waals surface area contributed by atoms with Crippen LogP contribution in [-0.4, -0.2) is 85.8 Å². The molecule has 2 aliphatic heterocycles. The summed E-state index contributed by atoms with van der Waals surface area (Å²) in [4.78, 5) is 29.8. The van der Waals surface area contributed by atoms with Crippen LogP contribution in [0.1, 0.15) is 15.9 Å². The van der Waals surface area contributed by atoms with Gasteiger partial charge in [0.2, 0.25) is 0 Å². The van der Waals surface area contributed by atoms with Gasteiger partial charge >= 0.3 is 6.03 Å². The Labute approximate surface area is 152 Å². The molecule has 2 fully saturated rings. The summed E-state index contributed by atoms with van der Waals surface area (Å²) < 4.78 is 37.9. The number of fused-ring (bicyclic) bond motifs is 1.